The van der Waals surface area contributed by atoms with Crippen LogP contribution in [-0.4, -0.2) is 99.7 Å². The highest BCUT2D eigenvalue weighted by Gasteiger charge is 2.52. The van der Waals surface area contributed by atoms with Crippen LogP contribution in [0.25, 0.3) is 11.3 Å². The van der Waals surface area contributed by atoms with Gasteiger partial charge in [0.25, 0.3) is 5.91 Å². The predicted octanol–water partition coefficient (Wildman–Crippen LogP) is 1.75. The summed E-state index contributed by atoms with van der Waals surface area (Å²) in [6.45, 7) is -0.598. The number of aliphatic hydroxyl groups excluding tert-OH is 3. The lowest BCUT2D eigenvalue weighted by molar-refractivity contribution is -0.211. The topological polar surface area (TPSA) is 163 Å². The fourth-order valence-electron chi connectivity index (χ4n) is 5.53. The Morgan fingerprint density at radius 3 is 2.59 bits per heavy atom. The molecule has 44 heavy (non-hydrogen) atoms. The van der Waals surface area contributed by atoms with E-state index in [1.54, 1.807) is 0 Å². The Morgan fingerprint density at radius 2 is 1.95 bits per heavy atom. The van der Waals surface area contributed by atoms with Crippen molar-refractivity contribution in [2.45, 2.75) is 49.0 Å². The fourth-order valence-corrected chi connectivity index (χ4v) is 5.76. The Kier molecular flexibility index (Phi) is 9.51. The van der Waals surface area contributed by atoms with Crippen molar-refractivity contribution in [2.24, 2.45) is 0 Å². The maximum Gasteiger partial charge on any atom is 0.259 e. The number of ether oxygens (including phenoxy) is 3. The number of carbonyl (C=O) groups excluding carboxylic acids is 1. The molecule has 1 aromatic heterocycles. The van der Waals surface area contributed by atoms with Gasteiger partial charge in [-0.15, -0.1) is 5.10 Å². The molecule has 3 aromatic rings. The van der Waals surface area contributed by atoms with Gasteiger partial charge in [0, 0.05) is 30.0 Å². The summed E-state index contributed by atoms with van der Waals surface area (Å²) < 4.78 is 59.3. The van der Waals surface area contributed by atoms with Crippen LogP contribution >= 0.6 is 11.6 Å². The van der Waals surface area contributed by atoms with Crippen LogP contribution in [-0.2, 0) is 19.0 Å². The summed E-state index contributed by atoms with van der Waals surface area (Å²) in [5, 5.41) is 49.6. The normalized spacial score (nSPS) is 27.1. The molecule has 2 aromatic carbocycles. The summed E-state index contributed by atoms with van der Waals surface area (Å²) in [5.41, 5.74) is 0.0817. The Balaban J connectivity index is 1.56. The number of benzene rings is 2. The summed E-state index contributed by atoms with van der Waals surface area (Å²) in [4.78, 5) is 15.7. The summed E-state index contributed by atoms with van der Waals surface area (Å²) in [6, 6.07) is 5.58. The first-order valence-electron chi connectivity index (χ1n) is 13.4. The number of methoxy groups -OCH3 is 1. The molecule has 7 atom stereocenters. The number of nitrogens with zero attached hydrogens (tertiary/aromatic N) is 5. The van der Waals surface area contributed by atoms with E-state index < -0.39 is 72.6 Å². The van der Waals surface area contributed by atoms with E-state index in [0.29, 0.717) is 0 Å². The number of halogens is 4. The van der Waals surface area contributed by atoms with E-state index in [-0.39, 0.29) is 47.2 Å². The number of carbonyl (C=O) groups is 1. The van der Waals surface area contributed by atoms with Crippen LogP contribution in [0.4, 0.5) is 18.9 Å². The number of hydrogen-bond acceptors (Lipinski definition) is 10. The molecule has 2 saturated heterocycles. The molecule has 2 aliphatic heterocycles. The predicted molar refractivity (Wildman–Crippen MR) is 146 cm³/mol. The average Bonchev–Trinajstić information content (AvgIpc) is 3.50. The van der Waals surface area contributed by atoms with E-state index in [1.807, 2.05) is 6.07 Å². The van der Waals surface area contributed by atoms with Crippen LogP contribution in [0.3, 0.4) is 0 Å². The highest BCUT2D eigenvalue weighted by Crippen LogP contribution is 2.36. The third-order valence-electron chi connectivity index (χ3n) is 7.63. The maximum absolute atomic E-state index is 14.4. The number of hydrogen-bond donors (Lipinski definition) is 3. The molecule has 12 nitrogen and oxygen atoms in total. The van der Waals surface area contributed by atoms with Gasteiger partial charge >= 0.3 is 0 Å². The highest BCUT2D eigenvalue weighted by molar-refractivity contribution is 6.31. The van der Waals surface area contributed by atoms with Gasteiger partial charge in [-0.05, 0) is 36.8 Å². The van der Waals surface area contributed by atoms with Gasteiger partial charge in [-0.1, -0.05) is 16.8 Å². The van der Waals surface area contributed by atoms with Crippen molar-refractivity contribution in [1.82, 2.24) is 15.0 Å². The van der Waals surface area contributed by atoms with Gasteiger partial charge in [-0.2, -0.15) is 5.26 Å². The second-order valence-electron chi connectivity index (χ2n) is 10.3. The van der Waals surface area contributed by atoms with Crippen molar-refractivity contribution in [3.63, 3.8) is 0 Å². The van der Waals surface area contributed by atoms with Crippen LogP contribution in [0.5, 0.6) is 0 Å². The van der Waals surface area contributed by atoms with Gasteiger partial charge in [0.2, 0.25) is 0 Å². The fraction of sp³-hybridized carbons (Fsp3) is 0.429. The minimum Gasteiger partial charge on any atom is -0.394 e. The molecule has 3 N–H and O–H groups in total. The zero-order valence-corrected chi connectivity index (χ0v) is 23.8. The molecule has 2 fully saturated rings. The quantitative estimate of drug-likeness (QED) is 0.325. The molecule has 0 aliphatic carbocycles. The zero-order chi connectivity index (χ0) is 31.7. The van der Waals surface area contributed by atoms with E-state index in [0.717, 1.165) is 16.8 Å². The molecule has 0 spiro atoms. The van der Waals surface area contributed by atoms with Crippen LogP contribution in [0.1, 0.15) is 18.0 Å². The molecule has 1 amide bonds. The second-order valence-corrected chi connectivity index (χ2v) is 10.7. The van der Waals surface area contributed by atoms with Gasteiger partial charge < -0.3 is 34.4 Å². The Hall–Kier alpha value is -3.62. The van der Waals surface area contributed by atoms with E-state index in [2.05, 4.69) is 10.3 Å². The molecule has 3 heterocycles. The van der Waals surface area contributed by atoms with Gasteiger partial charge in [-0.25, -0.2) is 17.9 Å². The summed E-state index contributed by atoms with van der Waals surface area (Å²) in [5.74, 6) is -5.31. The summed E-state index contributed by atoms with van der Waals surface area (Å²) in [7, 11) is 1.25. The van der Waals surface area contributed by atoms with Gasteiger partial charge in [0.15, 0.2) is 23.6 Å². The zero-order valence-electron chi connectivity index (χ0n) is 23.1. The largest absolute Gasteiger partial charge is 0.394 e. The van der Waals surface area contributed by atoms with Crippen molar-refractivity contribution in [1.29, 1.82) is 5.26 Å². The number of aliphatic hydroxyl groups is 3. The van der Waals surface area contributed by atoms with E-state index in [9.17, 15) is 38.5 Å². The second kappa shape index (κ2) is 13.2. The number of anilines is 1. The van der Waals surface area contributed by atoms with Crippen molar-refractivity contribution in [3.8, 4) is 17.3 Å². The minimum atomic E-state index is -1.66. The first kappa shape index (κ1) is 31.8. The lowest BCUT2D eigenvalue weighted by atomic mass is 9.90. The third kappa shape index (κ3) is 6.02. The molecule has 5 rings (SSSR count). The van der Waals surface area contributed by atoms with Gasteiger partial charge in [0.1, 0.15) is 30.0 Å². The standard InChI is InChI=1S/C28H27ClF3N5O7/c1-42-26-24(36-10-19(34-35-36)14-6-17(30)23(32)18(31)7-14)25(40)22(11-38)44-27(26)28(41)37(20-2-3-43-12-21(20)39)16-5-13(9-33)4-15(29)8-16/h4-8,10,20-22,24-27,38-40H,2-3,11-12H2,1H3/t20-,21-,22+,24-,25-,26+,27+/m0/s1. The maximum atomic E-state index is 14.4. The number of aromatic nitrogens is 3. The molecule has 234 valence electrons. The average molecular weight is 638 g/mol. The third-order valence-corrected chi connectivity index (χ3v) is 7.85. The van der Waals surface area contributed by atoms with Crippen LogP contribution in [0.15, 0.2) is 36.5 Å². The van der Waals surface area contributed by atoms with Crippen LogP contribution < -0.4 is 4.90 Å². The number of amides is 1. The van der Waals surface area contributed by atoms with E-state index in [1.165, 1.54) is 36.4 Å². The highest BCUT2D eigenvalue weighted by atomic mass is 35.5. The minimum absolute atomic E-state index is 0.0771. The Bertz CT molecular complexity index is 1550. The van der Waals surface area contributed by atoms with Crippen molar-refractivity contribution < 1.29 is 47.5 Å². The number of rotatable bonds is 7. The lowest BCUT2D eigenvalue weighted by Gasteiger charge is -2.46. The number of nitriles is 1. The molecule has 0 unspecified atom stereocenters. The molecule has 0 bridgehead atoms. The van der Waals surface area contributed by atoms with Gasteiger partial charge in [-0.3, -0.25) is 4.79 Å². The van der Waals surface area contributed by atoms with Crippen LogP contribution in [0.2, 0.25) is 5.02 Å². The van der Waals surface area contributed by atoms with Crippen molar-refractivity contribution in [3.05, 3.63) is 64.6 Å². The Morgan fingerprint density at radius 1 is 1.23 bits per heavy atom. The van der Waals surface area contributed by atoms with Crippen LogP contribution in [0, 0.1) is 28.8 Å². The molecule has 2 aliphatic rings. The lowest BCUT2D eigenvalue weighted by Crippen LogP contribution is -2.63. The SMILES string of the molecule is CO[C@@H]1[C@@H](n2cc(-c3cc(F)c(F)c(F)c3)nn2)[C@@H](O)[C@@H](CO)O[C@H]1C(=O)N(c1cc(Cl)cc(C#N)c1)[C@H]1CCOC[C@@H]1O. The first-order valence-corrected chi connectivity index (χ1v) is 13.8. The Labute approximate surface area is 253 Å². The summed E-state index contributed by atoms with van der Waals surface area (Å²) >= 11 is 6.26. The molecule has 0 radical (unpaired) electrons. The first-order chi connectivity index (χ1) is 21.1. The smallest absolute Gasteiger partial charge is 0.259 e. The molecule has 16 heteroatoms. The van der Waals surface area contributed by atoms with E-state index in [4.69, 9.17) is 25.8 Å². The van der Waals surface area contributed by atoms with E-state index >= 15 is 0 Å². The van der Waals surface area contributed by atoms with Crippen molar-refractivity contribution >= 4 is 23.2 Å². The monoisotopic (exact) mass is 637 g/mol. The molecule has 0 saturated carbocycles. The summed E-state index contributed by atoms with van der Waals surface area (Å²) in [6.07, 6.45) is -5.41. The molecular formula is C28H27ClF3N5O7. The van der Waals surface area contributed by atoms with Gasteiger partial charge in [0.05, 0.1) is 43.2 Å². The molecular weight excluding hydrogens is 611 g/mol. The van der Waals surface area contributed by atoms with Crippen molar-refractivity contribution in [2.75, 3.05) is 31.8 Å².